The van der Waals surface area contributed by atoms with Crippen LogP contribution >= 0.6 is 11.3 Å². The molecule has 0 aliphatic heterocycles. The number of aromatic amines is 1. The first-order valence-corrected chi connectivity index (χ1v) is 11.1. The monoisotopic (exact) mass is 434 g/mol. The van der Waals surface area contributed by atoms with Crippen molar-refractivity contribution in [3.63, 3.8) is 0 Å². The summed E-state index contributed by atoms with van der Waals surface area (Å²) >= 11 is 1.69. The van der Waals surface area contributed by atoms with Crippen molar-refractivity contribution in [2.75, 3.05) is 27.4 Å². The van der Waals surface area contributed by atoms with Crippen molar-refractivity contribution >= 4 is 11.3 Å². The molecule has 4 aromatic rings. The van der Waals surface area contributed by atoms with Crippen molar-refractivity contribution in [1.82, 2.24) is 9.97 Å². The van der Waals surface area contributed by atoms with E-state index in [0.29, 0.717) is 6.61 Å². The zero-order valence-electron chi connectivity index (χ0n) is 18.0. The van der Waals surface area contributed by atoms with Crippen molar-refractivity contribution in [2.45, 2.75) is 13.3 Å². The van der Waals surface area contributed by atoms with Crippen molar-refractivity contribution in [3.8, 4) is 43.9 Å². The smallest absolute Gasteiger partial charge is 0.141 e. The summed E-state index contributed by atoms with van der Waals surface area (Å²) in [7, 11) is 3.35. The lowest BCUT2D eigenvalue weighted by Crippen LogP contribution is -1.98. The Morgan fingerprint density at radius 2 is 1.52 bits per heavy atom. The molecule has 5 nitrogen and oxygen atoms in total. The average molecular weight is 435 g/mol. The van der Waals surface area contributed by atoms with E-state index in [2.05, 4.69) is 35.3 Å². The summed E-state index contributed by atoms with van der Waals surface area (Å²) in [5, 5.41) is 0.966. The highest BCUT2D eigenvalue weighted by Gasteiger charge is 2.19. The summed E-state index contributed by atoms with van der Waals surface area (Å²) < 4.78 is 16.2. The van der Waals surface area contributed by atoms with Crippen LogP contribution in [-0.2, 0) is 11.2 Å². The fourth-order valence-corrected chi connectivity index (χ4v) is 4.58. The number of nitrogens with one attached hydrogen (secondary N) is 1. The van der Waals surface area contributed by atoms with Crippen LogP contribution in [0, 0.1) is 0 Å². The second kappa shape index (κ2) is 9.81. The van der Waals surface area contributed by atoms with Crippen LogP contribution in [0.4, 0.5) is 0 Å². The third kappa shape index (κ3) is 4.65. The molecule has 0 aliphatic rings. The Kier molecular flexibility index (Phi) is 6.70. The Balaban J connectivity index is 1.77. The van der Waals surface area contributed by atoms with E-state index in [0.717, 1.165) is 56.9 Å². The Morgan fingerprint density at radius 1 is 0.871 bits per heavy atom. The van der Waals surface area contributed by atoms with Crippen LogP contribution in [0.15, 0.2) is 60.8 Å². The zero-order chi connectivity index (χ0) is 21.6. The number of nitrogens with zero attached hydrogens (tertiary/aromatic N) is 1. The van der Waals surface area contributed by atoms with Crippen LogP contribution in [0.25, 0.3) is 32.4 Å². The molecule has 0 atom stereocenters. The van der Waals surface area contributed by atoms with Gasteiger partial charge in [-0.1, -0.05) is 0 Å². The number of H-pyrrole nitrogens is 1. The van der Waals surface area contributed by atoms with Crippen molar-refractivity contribution < 1.29 is 14.2 Å². The van der Waals surface area contributed by atoms with Crippen LogP contribution in [0.1, 0.15) is 12.5 Å². The summed E-state index contributed by atoms with van der Waals surface area (Å²) in [6.07, 6.45) is 2.82. The Labute approximate surface area is 186 Å². The third-order valence-electron chi connectivity index (χ3n) is 5.11. The van der Waals surface area contributed by atoms with Crippen LogP contribution in [0.2, 0.25) is 0 Å². The van der Waals surface area contributed by atoms with Crippen LogP contribution < -0.4 is 9.47 Å². The first-order chi connectivity index (χ1) is 15.2. The molecule has 0 fully saturated rings. The molecule has 0 bridgehead atoms. The standard InChI is InChI=1S/C25H26N2O3S/c1-4-30-16-14-18-13-15-26-23(18)25-27-22(17-5-9-20(28-2)10-6-17)24(31-25)19-7-11-21(29-3)12-8-19/h5-13,15,26H,4,14,16H2,1-3H3. The van der Waals surface area contributed by atoms with E-state index >= 15 is 0 Å². The van der Waals surface area contributed by atoms with Crippen molar-refractivity contribution in [3.05, 3.63) is 66.4 Å². The van der Waals surface area contributed by atoms with Crippen molar-refractivity contribution in [2.24, 2.45) is 0 Å². The van der Waals surface area contributed by atoms with Gasteiger partial charge in [-0.2, -0.15) is 0 Å². The van der Waals surface area contributed by atoms with E-state index in [4.69, 9.17) is 19.2 Å². The minimum atomic E-state index is 0.698. The zero-order valence-corrected chi connectivity index (χ0v) is 18.8. The fourth-order valence-electron chi connectivity index (χ4n) is 3.45. The lowest BCUT2D eigenvalue weighted by molar-refractivity contribution is 0.151. The molecule has 0 radical (unpaired) electrons. The van der Waals surface area contributed by atoms with Gasteiger partial charge in [0.05, 0.1) is 37.1 Å². The minimum absolute atomic E-state index is 0.698. The molecule has 0 saturated carbocycles. The summed E-state index contributed by atoms with van der Waals surface area (Å²) in [6.45, 7) is 3.44. The van der Waals surface area contributed by atoms with E-state index in [1.54, 1.807) is 25.6 Å². The predicted molar refractivity (Wildman–Crippen MR) is 126 cm³/mol. The molecule has 0 amide bonds. The SMILES string of the molecule is CCOCCc1cc[nH]c1-c1nc(-c2ccc(OC)cc2)c(-c2ccc(OC)cc2)s1. The molecule has 31 heavy (non-hydrogen) atoms. The van der Waals surface area contributed by atoms with E-state index < -0.39 is 0 Å². The van der Waals surface area contributed by atoms with Gasteiger partial charge in [0.15, 0.2) is 0 Å². The topological polar surface area (TPSA) is 56.4 Å². The molecule has 2 heterocycles. The number of benzene rings is 2. The van der Waals surface area contributed by atoms with Gasteiger partial charge < -0.3 is 19.2 Å². The number of rotatable bonds is 9. The first-order valence-electron chi connectivity index (χ1n) is 10.3. The highest BCUT2D eigenvalue weighted by molar-refractivity contribution is 7.18. The Hall–Kier alpha value is -3.09. The van der Waals surface area contributed by atoms with Gasteiger partial charge in [-0.15, -0.1) is 11.3 Å². The van der Waals surface area contributed by atoms with Crippen LogP contribution in [0.3, 0.4) is 0 Å². The maximum Gasteiger partial charge on any atom is 0.141 e. The molecular formula is C25H26N2O3S. The molecule has 2 aromatic carbocycles. The highest BCUT2D eigenvalue weighted by Crippen LogP contribution is 2.41. The number of aromatic nitrogens is 2. The average Bonchev–Trinajstić information content (AvgIpc) is 3.46. The molecule has 1 N–H and O–H groups in total. The van der Waals surface area contributed by atoms with Crippen LogP contribution in [0.5, 0.6) is 11.5 Å². The number of methoxy groups -OCH3 is 2. The van der Waals surface area contributed by atoms with E-state index in [1.165, 1.54) is 5.56 Å². The van der Waals surface area contributed by atoms with Gasteiger partial charge >= 0.3 is 0 Å². The molecule has 160 valence electrons. The normalized spacial score (nSPS) is 10.9. The Morgan fingerprint density at radius 3 is 2.13 bits per heavy atom. The predicted octanol–water partition coefficient (Wildman–Crippen LogP) is 6.07. The second-order valence-electron chi connectivity index (χ2n) is 6.98. The first kappa shape index (κ1) is 21.2. The maximum atomic E-state index is 5.55. The molecule has 4 rings (SSSR count). The maximum absolute atomic E-state index is 5.55. The van der Waals surface area contributed by atoms with Gasteiger partial charge in [-0.25, -0.2) is 4.98 Å². The second-order valence-corrected chi connectivity index (χ2v) is 7.98. The number of hydrogen-bond acceptors (Lipinski definition) is 5. The summed E-state index contributed by atoms with van der Waals surface area (Å²) in [5.74, 6) is 1.66. The van der Waals surface area contributed by atoms with Gasteiger partial charge in [-0.3, -0.25) is 0 Å². The third-order valence-corrected chi connectivity index (χ3v) is 6.23. The van der Waals surface area contributed by atoms with Gasteiger partial charge in [0, 0.05) is 18.4 Å². The van der Waals surface area contributed by atoms with E-state index in [-0.39, 0.29) is 0 Å². The lowest BCUT2D eigenvalue weighted by Gasteiger charge is -2.05. The number of ether oxygens (including phenoxy) is 3. The molecule has 2 aromatic heterocycles. The molecular weight excluding hydrogens is 408 g/mol. The van der Waals surface area contributed by atoms with Crippen LogP contribution in [-0.4, -0.2) is 37.4 Å². The largest absolute Gasteiger partial charge is 0.497 e. The summed E-state index contributed by atoms with van der Waals surface area (Å²) in [6, 6.07) is 18.3. The molecule has 0 spiro atoms. The fraction of sp³-hybridized carbons (Fsp3) is 0.240. The Bertz CT molecular complexity index is 1050. The number of thiazole rings is 1. The summed E-state index contributed by atoms with van der Waals surface area (Å²) in [4.78, 5) is 9.56. The quantitative estimate of drug-likeness (QED) is 0.325. The molecule has 0 unspecified atom stereocenters. The number of hydrogen-bond donors (Lipinski definition) is 1. The minimum Gasteiger partial charge on any atom is -0.497 e. The summed E-state index contributed by atoms with van der Waals surface area (Å²) in [5.41, 5.74) is 5.39. The lowest BCUT2D eigenvalue weighted by atomic mass is 10.1. The highest BCUT2D eigenvalue weighted by atomic mass is 32.1. The van der Waals surface area contributed by atoms with E-state index in [1.807, 2.05) is 37.4 Å². The van der Waals surface area contributed by atoms with Gasteiger partial charge in [0.1, 0.15) is 16.5 Å². The molecule has 0 aliphatic carbocycles. The van der Waals surface area contributed by atoms with Gasteiger partial charge in [0.2, 0.25) is 0 Å². The van der Waals surface area contributed by atoms with E-state index in [9.17, 15) is 0 Å². The molecule has 0 saturated heterocycles. The van der Waals surface area contributed by atoms with Crippen molar-refractivity contribution in [1.29, 1.82) is 0 Å². The van der Waals surface area contributed by atoms with Gasteiger partial charge in [0.25, 0.3) is 0 Å². The molecule has 6 heteroatoms. The van der Waals surface area contributed by atoms with Gasteiger partial charge in [-0.05, 0) is 79.1 Å².